The van der Waals surface area contributed by atoms with Crippen LogP contribution in [0.1, 0.15) is 93.8 Å². The largest absolute Gasteiger partial charge is 0.491 e. The number of aromatic nitrogens is 4. The van der Waals surface area contributed by atoms with E-state index >= 15 is 0 Å². The third-order valence-electron chi connectivity index (χ3n) is 16.3. The second-order valence-electron chi connectivity index (χ2n) is 23.9. The lowest BCUT2D eigenvalue weighted by Gasteiger charge is -2.42. The van der Waals surface area contributed by atoms with E-state index < -0.39 is 29.8 Å². The second-order valence-corrected chi connectivity index (χ2v) is 24.8. The molecule has 4 aliphatic heterocycles. The van der Waals surface area contributed by atoms with Crippen LogP contribution >= 0.6 is 11.3 Å². The molecule has 3 aromatic heterocycles. The Balaban J connectivity index is 0.736. The van der Waals surface area contributed by atoms with E-state index in [-0.39, 0.29) is 74.5 Å². The number of hydrogen-bond acceptors (Lipinski definition) is 19. The van der Waals surface area contributed by atoms with E-state index in [0.717, 1.165) is 57.4 Å². The summed E-state index contributed by atoms with van der Waals surface area (Å²) in [7, 11) is 2.07. The number of piperazine rings is 1. The number of thiazole rings is 1. The number of aliphatic hydroxyl groups excluding tert-OH is 1. The standard InChI is InChI=1S/C63H79N11O10S/c1-39(2)56(55-28-40(3)69-84-55)60(77)74-34-47(75)31-53(74)59(76)65-32-44-17-16-43(57-41(4)66-38-85-57)29-54(44)81-27-25-79-24-26-80-48-30-46(70(8)35-48)37-82-61-67-51-36-71(52-15-11-13-42-12-9-10-14-49(42)52)21-19-50(51)58(68-61)72-22-23-73(45(33-72)18-20-64)62(78)83-63(5,6)7/h9-17,28-29,38-39,45-48,53,56,75H,18-19,21-27,30-37H2,1-8H3,(H,65,76)/t45-,46-,47+,48+,53-,56+/m0/s1. The summed E-state index contributed by atoms with van der Waals surface area (Å²) in [6, 6.07) is 23.8. The molecule has 3 fully saturated rings. The molecule has 4 aliphatic rings. The van der Waals surface area contributed by atoms with Gasteiger partial charge in [0.25, 0.3) is 0 Å². The molecule has 6 atom stereocenters. The van der Waals surface area contributed by atoms with Gasteiger partial charge in [-0.1, -0.05) is 67.5 Å². The molecule has 3 aromatic carbocycles. The minimum absolute atomic E-state index is 0.0355. The van der Waals surface area contributed by atoms with E-state index in [1.54, 1.807) is 23.4 Å². The van der Waals surface area contributed by atoms with Gasteiger partial charge in [-0.05, 0) is 83.5 Å². The van der Waals surface area contributed by atoms with Gasteiger partial charge in [-0.2, -0.15) is 15.2 Å². The minimum Gasteiger partial charge on any atom is -0.491 e. The van der Waals surface area contributed by atoms with Crippen molar-refractivity contribution in [1.29, 1.82) is 5.26 Å². The topological polar surface area (TPSA) is 234 Å². The molecular formula is C63H79N11O10S. The summed E-state index contributed by atoms with van der Waals surface area (Å²) in [6.07, 6.45) is 0.398. The van der Waals surface area contributed by atoms with Crippen LogP contribution in [0.2, 0.25) is 0 Å². The van der Waals surface area contributed by atoms with Gasteiger partial charge in [-0.25, -0.2) is 9.78 Å². The Hall–Kier alpha value is -7.42. The van der Waals surface area contributed by atoms with Crippen molar-refractivity contribution in [2.24, 2.45) is 5.92 Å². The van der Waals surface area contributed by atoms with Gasteiger partial charge in [0.1, 0.15) is 48.1 Å². The smallest absolute Gasteiger partial charge is 0.410 e. The van der Waals surface area contributed by atoms with E-state index in [2.05, 4.69) is 85.7 Å². The number of carbonyl (C=O) groups excluding carboxylic acids is 3. The number of nitrogens with zero attached hydrogens (tertiary/aromatic N) is 10. The molecule has 85 heavy (non-hydrogen) atoms. The number of likely N-dealkylation sites (tertiary alicyclic amines) is 2. The zero-order valence-corrected chi connectivity index (χ0v) is 50.8. The summed E-state index contributed by atoms with van der Waals surface area (Å²) >= 11 is 1.54. The average Bonchev–Trinajstić information content (AvgIpc) is 3.96. The molecule has 3 amide bonds. The molecule has 6 aromatic rings. The number of likely N-dealkylation sites (N-methyl/N-ethyl adjacent to an activating group) is 1. The lowest BCUT2D eigenvalue weighted by molar-refractivity contribution is -0.141. The van der Waals surface area contributed by atoms with Crippen LogP contribution in [0.25, 0.3) is 21.2 Å². The van der Waals surface area contributed by atoms with Crippen molar-refractivity contribution >= 4 is 51.5 Å². The lowest BCUT2D eigenvalue weighted by Crippen LogP contribution is -2.56. The number of nitriles is 1. The van der Waals surface area contributed by atoms with Crippen molar-refractivity contribution in [3.05, 3.63) is 106 Å². The van der Waals surface area contributed by atoms with Crippen LogP contribution in [0.4, 0.5) is 16.3 Å². The molecule has 10 rings (SSSR count). The number of aryl methyl sites for hydroxylation is 2. The van der Waals surface area contributed by atoms with E-state index in [9.17, 15) is 24.8 Å². The van der Waals surface area contributed by atoms with E-state index in [0.29, 0.717) is 82.8 Å². The molecule has 452 valence electrons. The van der Waals surface area contributed by atoms with Gasteiger partial charge in [0.05, 0.1) is 84.6 Å². The van der Waals surface area contributed by atoms with Crippen molar-refractivity contribution < 1.29 is 47.7 Å². The summed E-state index contributed by atoms with van der Waals surface area (Å²) in [6.45, 7) is 18.3. The van der Waals surface area contributed by atoms with Crippen molar-refractivity contribution in [3.8, 4) is 28.3 Å². The van der Waals surface area contributed by atoms with Crippen LogP contribution in [-0.4, -0.2) is 173 Å². The SMILES string of the molecule is Cc1cc([C@H](C(=O)N2C[C@H](O)C[C@H]2C(=O)NCc2ccc(-c3scnc3C)cc2OCCOCCO[C@@H]2C[C@@H](COc3nc4c(c(N5CCN(C(=O)OC(C)(C)C)[C@@H](CC#N)C5)n3)CCN(c3cccc5ccccc35)C4)N(C)C2)C(C)C)on1. The molecule has 0 aliphatic carbocycles. The highest BCUT2D eigenvalue weighted by Gasteiger charge is 2.44. The van der Waals surface area contributed by atoms with Gasteiger partial charge < -0.3 is 58.2 Å². The number of ether oxygens (including phenoxy) is 5. The Kier molecular flexibility index (Phi) is 19.2. The molecule has 7 heterocycles. The molecule has 2 N–H and O–H groups in total. The maximum Gasteiger partial charge on any atom is 0.410 e. The zero-order chi connectivity index (χ0) is 59.9. The van der Waals surface area contributed by atoms with Crippen molar-refractivity contribution in [3.63, 3.8) is 0 Å². The first kappa shape index (κ1) is 60.7. The number of rotatable bonds is 21. The highest BCUT2D eigenvalue weighted by Crippen LogP contribution is 2.37. The molecule has 0 radical (unpaired) electrons. The summed E-state index contributed by atoms with van der Waals surface area (Å²) < 4.78 is 36.6. The van der Waals surface area contributed by atoms with Crippen LogP contribution in [0, 0.1) is 31.1 Å². The average molecular weight is 1180 g/mol. The van der Waals surface area contributed by atoms with Gasteiger partial charge in [-0.15, -0.1) is 11.3 Å². The van der Waals surface area contributed by atoms with Crippen LogP contribution in [0.15, 0.2) is 76.8 Å². The maximum atomic E-state index is 14.0. The Morgan fingerprint density at radius 3 is 2.48 bits per heavy atom. The molecule has 22 heteroatoms. The van der Waals surface area contributed by atoms with E-state index in [4.69, 9.17) is 38.2 Å². The lowest BCUT2D eigenvalue weighted by atomic mass is 9.91. The number of amides is 3. The first-order chi connectivity index (χ1) is 40.9. The van der Waals surface area contributed by atoms with E-state index in [1.165, 1.54) is 27.0 Å². The Labute approximate surface area is 501 Å². The Bertz CT molecular complexity index is 3350. The predicted molar refractivity (Wildman–Crippen MR) is 322 cm³/mol. The molecule has 21 nitrogen and oxygen atoms in total. The fraction of sp³-hybridized carbons (Fsp3) is 0.524. The maximum absolute atomic E-state index is 14.0. The number of carbonyl (C=O) groups is 3. The summed E-state index contributed by atoms with van der Waals surface area (Å²) in [5.41, 5.74) is 7.45. The third-order valence-corrected chi connectivity index (χ3v) is 17.2. The van der Waals surface area contributed by atoms with Gasteiger partial charge in [0, 0.05) is 86.5 Å². The highest BCUT2D eigenvalue weighted by atomic mass is 32.1. The Morgan fingerprint density at radius 2 is 1.72 bits per heavy atom. The molecule has 0 saturated carbocycles. The molecule has 3 saturated heterocycles. The first-order valence-electron chi connectivity index (χ1n) is 29.5. The Morgan fingerprint density at radius 1 is 0.906 bits per heavy atom. The number of fused-ring (bicyclic) bond motifs is 2. The van der Waals surface area contributed by atoms with Gasteiger partial charge >= 0.3 is 12.1 Å². The zero-order valence-electron chi connectivity index (χ0n) is 50.0. The normalized spacial score (nSPS) is 20.4. The number of anilines is 2. The predicted octanol–water partition coefficient (Wildman–Crippen LogP) is 7.84. The van der Waals surface area contributed by atoms with Gasteiger partial charge in [0.15, 0.2) is 0 Å². The fourth-order valence-corrected chi connectivity index (χ4v) is 12.8. The third kappa shape index (κ3) is 14.5. The van der Waals surface area contributed by atoms with E-state index in [1.807, 2.05) is 59.7 Å². The minimum atomic E-state index is -0.867. The fourth-order valence-electron chi connectivity index (χ4n) is 12.0. The number of hydrogen-bond donors (Lipinski definition) is 2. The quantitative estimate of drug-likeness (QED) is 0.0653. The van der Waals surface area contributed by atoms with Crippen molar-refractivity contribution in [1.82, 2.24) is 40.1 Å². The van der Waals surface area contributed by atoms with Crippen LogP contribution in [0.3, 0.4) is 0 Å². The monoisotopic (exact) mass is 1180 g/mol. The second kappa shape index (κ2) is 26.9. The van der Waals surface area contributed by atoms with Crippen molar-refractivity contribution in [2.75, 3.05) is 89.2 Å². The summed E-state index contributed by atoms with van der Waals surface area (Å²) in [4.78, 5) is 66.9. The first-order valence-corrected chi connectivity index (χ1v) is 30.4. The molecule has 0 unspecified atom stereocenters. The molecular weight excluding hydrogens is 1100 g/mol. The number of β-amino-alcohol motifs (C(OH)–C–C–N with tert-alkyl or cyclic N) is 1. The summed E-state index contributed by atoms with van der Waals surface area (Å²) in [5.74, 6) is 0.341. The number of aliphatic hydroxyl groups is 1. The van der Waals surface area contributed by atoms with Crippen molar-refractivity contribution in [2.45, 2.75) is 129 Å². The van der Waals surface area contributed by atoms with Crippen LogP contribution in [-0.2, 0) is 43.3 Å². The van der Waals surface area contributed by atoms with Crippen LogP contribution < -0.4 is 24.6 Å². The number of nitrogens with one attached hydrogen (secondary N) is 1. The number of benzene rings is 3. The molecule has 0 spiro atoms. The molecule has 0 bridgehead atoms. The van der Waals surface area contributed by atoms with Gasteiger partial charge in [-0.3, -0.25) is 14.5 Å². The summed E-state index contributed by atoms with van der Waals surface area (Å²) in [5, 5.41) is 30.0. The highest BCUT2D eigenvalue weighted by molar-refractivity contribution is 7.13. The van der Waals surface area contributed by atoms with Crippen LogP contribution in [0.5, 0.6) is 11.8 Å². The van der Waals surface area contributed by atoms with Gasteiger partial charge in [0.2, 0.25) is 11.8 Å².